The van der Waals surface area contributed by atoms with Crippen molar-refractivity contribution in [2.75, 3.05) is 19.8 Å². The van der Waals surface area contributed by atoms with Crippen molar-refractivity contribution in [3.63, 3.8) is 0 Å². The molecule has 1 heterocycles. The first-order valence-corrected chi connectivity index (χ1v) is 8.18. The molecule has 1 aliphatic rings. The molecule has 1 atom stereocenters. The zero-order valence-electron chi connectivity index (χ0n) is 13.5. The Morgan fingerprint density at radius 1 is 1.23 bits per heavy atom. The number of nitrogens with one attached hydrogen (secondary N) is 1. The lowest BCUT2D eigenvalue weighted by molar-refractivity contribution is -0.124. The molecule has 0 saturated heterocycles. The van der Waals surface area contributed by atoms with Crippen LogP contribution in [-0.2, 0) is 9.53 Å². The number of para-hydroxylation sites is 2. The number of carbonyl (C=O) groups is 2. The molecule has 0 bridgehead atoms. The zero-order valence-corrected chi connectivity index (χ0v) is 14.3. The monoisotopic (exact) mass is 379 g/mol. The molecule has 0 saturated carbocycles. The minimum atomic E-state index is -0.966. The zero-order chi connectivity index (χ0) is 18.5. The van der Waals surface area contributed by atoms with E-state index in [1.807, 2.05) is 12.1 Å². The summed E-state index contributed by atoms with van der Waals surface area (Å²) in [6.45, 7) is -0.0873. The first kappa shape index (κ1) is 18.0. The smallest absolute Gasteiger partial charge is 0.341 e. The molecular formula is C18H15ClFNO5. The minimum Gasteiger partial charge on any atom is -0.486 e. The molecule has 2 aromatic carbocycles. The second kappa shape index (κ2) is 8.05. The van der Waals surface area contributed by atoms with Gasteiger partial charge in [-0.1, -0.05) is 23.7 Å². The summed E-state index contributed by atoms with van der Waals surface area (Å²) in [5.74, 6) is -1.03. The Morgan fingerprint density at radius 2 is 2.00 bits per heavy atom. The number of fused-ring (bicyclic) bond motifs is 1. The Hall–Kier alpha value is -2.80. The van der Waals surface area contributed by atoms with E-state index in [-0.39, 0.29) is 29.8 Å². The van der Waals surface area contributed by atoms with Gasteiger partial charge in [-0.05, 0) is 30.3 Å². The third-order valence-electron chi connectivity index (χ3n) is 3.58. The average molecular weight is 380 g/mol. The summed E-state index contributed by atoms with van der Waals surface area (Å²) in [6, 6.07) is 10.7. The standard InChI is InChI=1S/C18H15ClFNO5/c19-11-5-6-14(20)13(7-11)18(23)25-10-17(22)21-8-12-9-24-15-3-1-2-4-16(15)26-12/h1-7,12H,8-10H2,(H,21,22). The van der Waals surface area contributed by atoms with Crippen LogP contribution in [0.25, 0.3) is 0 Å². The van der Waals surface area contributed by atoms with Crippen molar-refractivity contribution in [2.24, 2.45) is 0 Å². The molecular weight excluding hydrogens is 365 g/mol. The van der Waals surface area contributed by atoms with Gasteiger partial charge in [0.2, 0.25) is 0 Å². The van der Waals surface area contributed by atoms with Crippen LogP contribution in [0.15, 0.2) is 42.5 Å². The Labute approximate surface area is 153 Å². The second-order valence-corrected chi connectivity index (χ2v) is 5.94. The molecule has 0 fully saturated rings. The SMILES string of the molecule is O=C(COC(=O)c1cc(Cl)ccc1F)NCC1COc2ccccc2O1. The maximum atomic E-state index is 13.6. The molecule has 3 rings (SSSR count). The van der Waals surface area contributed by atoms with Crippen molar-refractivity contribution in [1.29, 1.82) is 0 Å². The van der Waals surface area contributed by atoms with Gasteiger partial charge in [0.1, 0.15) is 18.5 Å². The molecule has 136 valence electrons. The van der Waals surface area contributed by atoms with E-state index in [1.165, 1.54) is 6.07 Å². The largest absolute Gasteiger partial charge is 0.486 e. The van der Waals surface area contributed by atoms with E-state index in [2.05, 4.69) is 5.32 Å². The lowest BCUT2D eigenvalue weighted by Crippen LogP contribution is -2.42. The number of halogens is 2. The fraction of sp³-hybridized carbons (Fsp3) is 0.222. The number of carbonyl (C=O) groups excluding carboxylic acids is 2. The molecule has 1 amide bonds. The molecule has 0 radical (unpaired) electrons. The number of rotatable bonds is 5. The van der Waals surface area contributed by atoms with Crippen molar-refractivity contribution >= 4 is 23.5 Å². The highest BCUT2D eigenvalue weighted by Gasteiger charge is 2.21. The highest BCUT2D eigenvalue weighted by atomic mass is 35.5. The lowest BCUT2D eigenvalue weighted by Gasteiger charge is -2.26. The Morgan fingerprint density at radius 3 is 2.81 bits per heavy atom. The van der Waals surface area contributed by atoms with Crippen molar-refractivity contribution in [3.05, 3.63) is 58.9 Å². The summed E-state index contributed by atoms with van der Waals surface area (Å²) in [4.78, 5) is 23.6. The predicted octanol–water partition coefficient (Wildman–Crippen LogP) is 2.59. The van der Waals surface area contributed by atoms with Gasteiger partial charge in [-0.25, -0.2) is 9.18 Å². The van der Waals surface area contributed by atoms with Crippen molar-refractivity contribution < 1.29 is 28.2 Å². The summed E-state index contributed by atoms with van der Waals surface area (Å²) in [5, 5.41) is 2.77. The van der Waals surface area contributed by atoms with Gasteiger partial charge in [0.25, 0.3) is 5.91 Å². The molecule has 26 heavy (non-hydrogen) atoms. The van der Waals surface area contributed by atoms with Crippen LogP contribution in [0.3, 0.4) is 0 Å². The lowest BCUT2D eigenvalue weighted by atomic mass is 10.2. The Kier molecular flexibility index (Phi) is 5.58. The third kappa shape index (κ3) is 4.43. The van der Waals surface area contributed by atoms with Gasteiger partial charge >= 0.3 is 5.97 Å². The van der Waals surface area contributed by atoms with Gasteiger partial charge in [-0.15, -0.1) is 0 Å². The van der Waals surface area contributed by atoms with Crippen LogP contribution in [0.4, 0.5) is 4.39 Å². The van der Waals surface area contributed by atoms with Gasteiger partial charge in [-0.2, -0.15) is 0 Å². The van der Waals surface area contributed by atoms with E-state index in [9.17, 15) is 14.0 Å². The number of benzene rings is 2. The molecule has 0 spiro atoms. The average Bonchev–Trinajstić information content (AvgIpc) is 2.66. The molecule has 2 aromatic rings. The van der Waals surface area contributed by atoms with Gasteiger partial charge in [0.05, 0.1) is 12.1 Å². The van der Waals surface area contributed by atoms with Crippen LogP contribution in [0.1, 0.15) is 10.4 Å². The number of amides is 1. The van der Waals surface area contributed by atoms with Crippen LogP contribution in [-0.4, -0.2) is 37.7 Å². The van der Waals surface area contributed by atoms with Crippen LogP contribution in [0.2, 0.25) is 5.02 Å². The van der Waals surface area contributed by atoms with Gasteiger partial charge in [0, 0.05) is 5.02 Å². The minimum absolute atomic E-state index is 0.177. The van der Waals surface area contributed by atoms with Crippen LogP contribution in [0, 0.1) is 5.82 Å². The number of ether oxygens (including phenoxy) is 3. The van der Waals surface area contributed by atoms with E-state index >= 15 is 0 Å². The quantitative estimate of drug-likeness (QED) is 0.808. The van der Waals surface area contributed by atoms with Gasteiger partial charge in [0.15, 0.2) is 18.1 Å². The summed E-state index contributed by atoms with van der Waals surface area (Å²) < 4.78 is 29.6. The summed E-state index contributed by atoms with van der Waals surface area (Å²) in [7, 11) is 0. The second-order valence-electron chi connectivity index (χ2n) is 5.50. The first-order valence-electron chi connectivity index (χ1n) is 7.80. The van der Waals surface area contributed by atoms with Crippen LogP contribution >= 0.6 is 11.6 Å². The van der Waals surface area contributed by atoms with Crippen molar-refractivity contribution in [2.45, 2.75) is 6.10 Å². The molecule has 0 aliphatic carbocycles. The van der Waals surface area contributed by atoms with Crippen LogP contribution in [0.5, 0.6) is 11.5 Å². The Bertz CT molecular complexity index is 829. The summed E-state index contributed by atoms with van der Waals surface area (Å²) >= 11 is 5.72. The Balaban J connectivity index is 1.45. The predicted molar refractivity (Wildman–Crippen MR) is 91.1 cm³/mol. The van der Waals surface area contributed by atoms with E-state index in [1.54, 1.807) is 12.1 Å². The maximum Gasteiger partial charge on any atom is 0.341 e. The van der Waals surface area contributed by atoms with E-state index in [4.69, 9.17) is 25.8 Å². The topological polar surface area (TPSA) is 73.9 Å². The van der Waals surface area contributed by atoms with E-state index in [0.717, 1.165) is 12.1 Å². The molecule has 1 N–H and O–H groups in total. The molecule has 8 heteroatoms. The van der Waals surface area contributed by atoms with Gasteiger partial charge < -0.3 is 19.5 Å². The normalized spacial score (nSPS) is 15.2. The third-order valence-corrected chi connectivity index (χ3v) is 3.81. The number of hydrogen-bond donors (Lipinski definition) is 1. The van der Waals surface area contributed by atoms with Crippen molar-refractivity contribution in [3.8, 4) is 11.5 Å². The van der Waals surface area contributed by atoms with Crippen molar-refractivity contribution in [1.82, 2.24) is 5.32 Å². The molecule has 1 aliphatic heterocycles. The number of esters is 1. The maximum absolute atomic E-state index is 13.6. The summed E-state index contributed by atoms with van der Waals surface area (Å²) in [5.41, 5.74) is -0.328. The highest BCUT2D eigenvalue weighted by Crippen LogP contribution is 2.30. The molecule has 1 unspecified atom stereocenters. The fourth-order valence-electron chi connectivity index (χ4n) is 2.31. The molecule has 0 aromatic heterocycles. The fourth-order valence-corrected chi connectivity index (χ4v) is 2.48. The van der Waals surface area contributed by atoms with Gasteiger partial charge in [-0.3, -0.25) is 4.79 Å². The first-order chi connectivity index (χ1) is 12.5. The highest BCUT2D eigenvalue weighted by molar-refractivity contribution is 6.30. The van der Waals surface area contributed by atoms with E-state index in [0.29, 0.717) is 11.5 Å². The molecule has 6 nitrogen and oxygen atoms in total. The van der Waals surface area contributed by atoms with Crippen LogP contribution < -0.4 is 14.8 Å². The number of hydrogen-bond acceptors (Lipinski definition) is 5. The van der Waals surface area contributed by atoms with E-state index < -0.39 is 24.3 Å². The summed E-state index contributed by atoms with van der Waals surface area (Å²) in [6.07, 6.45) is -0.366.